The lowest BCUT2D eigenvalue weighted by molar-refractivity contribution is -0.384. The van der Waals surface area contributed by atoms with Gasteiger partial charge in [-0.25, -0.2) is 0 Å². The van der Waals surface area contributed by atoms with Crippen LogP contribution in [0.25, 0.3) is 0 Å². The van der Waals surface area contributed by atoms with Gasteiger partial charge in [0.15, 0.2) is 0 Å². The van der Waals surface area contributed by atoms with Crippen LogP contribution in [0.4, 0.5) is 5.69 Å². The van der Waals surface area contributed by atoms with E-state index in [2.05, 4.69) is 4.90 Å². The molecule has 0 aromatic heterocycles. The second kappa shape index (κ2) is 5.73. The molecule has 1 aliphatic carbocycles. The van der Waals surface area contributed by atoms with Gasteiger partial charge in [0, 0.05) is 37.7 Å². The molecule has 2 fully saturated rings. The standard InChI is InChI=1S/C16H22N2O3/c19-16-7-2-1-5-14(16)12-17(9-8-16)11-13-4-3-6-15(10-13)18(20)21/h3-4,6,10,14,19H,1-2,5,7-9,11-12H2. The van der Waals surface area contributed by atoms with Gasteiger partial charge in [-0.15, -0.1) is 0 Å². The molecule has 2 atom stereocenters. The van der Waals surface area contributed by atoms with E-state index in [0.29, 0.717) is 5.92 Å². The first-order valence-electron chi connectivity index (χ1n) is 7.75. The minimum atomic E-state index is -0.461. The fourth-order valence-corrected chi connectivity index (χ4v) is 3.81. The molecule has 2 unspecified atom stereocenters. The van der Waals surface area contributed by atoms with E-state index >= 15 is 0 Å². The Bertz CT molecular complexity index is 534. The second-order valence-corrected chi connectivity index (χ2v) is 6.46. The third kappa shape index (κ3) is 3.09. The lowest BCUT2D eigenvalue weighted by Crippen LogP contribution is -2.52. The number of non-ortho nitro benzene ring substituents is 1. The van der Waals surface area contributed by atoms with E-state index in [1.54, 1.807) is 12.1 Å². The zero-order valence-electron chi connectivity index (χ0n) is 12.2. The van der Waals surface area contributed by atoms with Crippen molar-refractivity contribution in [3.8, 4) is 0 Å². The molecule has 21 heavy (non-hydrogen) atoms. The molecule has 0 radical (unpaired) electrons. The zero-order chi connectivity index (χ0) is 14.9. The summed E-state index contributed by atoms with van der Waals surface area (Å²) in [4.78, 5) is 12.8. The van der Waals surface area contributed by atoms with Gasteiger partial charge >= 0.3 is 0 Å². The summed E-state index contributed by atoms with van der Waals surface area (Å²) >= 11 is 0. The highest BCUT2D eigenvalue weighted by molar-refractivity contribution is 5.34. The average Bonchev–Trinajstić information content (AvgIpc) is 2.48. The van der Waals surface area contributed by atoms with Crippen molar-refractivity contribution in [2.75, 3.05) is 13.1 Å². The average molecular weight is 290 g/mol. The Labute approximate surface area is 124 Å². The molecule has 3 rings (SSSR count). The summed E-state index contributed by atoms with van der Waals surface area (Å²) in [5.41, 5.74) is 0.668. The predicted octanol–water partition coefficient (Wildman–Crippen LogP) is 2.72. The van der Waals surface area contributed by atoms with E-state index in [-0.39, 0.29) is 10.6 Å². The van der Waals surface area contributed by atoms with Crippen molar-refractivity contribution in [1.29, 1.82) is 0 Å². The number of rotatable bonds is 3. The van der Waals surface area contributed by atoms with Crippen LogP contribution in [0, 0.1) is 16.0 Å². The topological polar surface area (TPSA) is 66.6 Å². The summed E-state index contributed by atoms with van der Waals surface area (Å²) in [6.45, 7) is 2.50. The summed E-state index contributed by atoms with van der Waals surface area (Å²) in [6, 6.07) is 6.87. The van der Waals surface area contributed by atoms with Gasteiger partial charge in [-0.05, 0) is 24.8 Å². The maximum atomic E-state index is 10.8. The van der Waals surface area contributed by atoms with E-state index in [9.17, 15) is 15.2 Å². The molecule has 5 heteroatoms. The molecule has 1 saturated carbocycles. The van der Waals surface area contributed by atoms with Crippen LogP contribution in [0.5, 0.6) is 0 Å². The highest BCUT2D eigenvalue weighted by Crippen LogP contribution is 2.40. The van der Waals surface area contributed by atoms with Crippen LogP contribution in [-0.2, 0) is 6.54 Å². The molecule has 5 nitrogen and oxygen atoms in total. The van der Waals surface area contributed by atoms with Crippen LogP contribution in [-0.4, -0.2) is 33.6 Å². The van der Waals surface area contributed by atoms with Crippen molar-refractivity contribution in [2.24, 2.45) is 5.92 Å². The Balaban J connectivity index is 1.66. The normalized spacial score (nSPS) is 29.9. The van der Waals surface area contributed by atoms with Crippen molar-refractivity contribution < 1.29 is 10.0 Å². The number of fused-ring (bicyclic) bond motifs is 1. The van der Waals surface area contributed by atoms with E-state index in [1.807, 2.05) is 6.07 Å². The Morgan fingerprint density at radius 1 is 1.38 bits per heavy atom. The Kier molecular flexibility index (Phi) is 3.95. The largest absolute Gasteiger partial charge is 0.390 e. The van der Waals surface area contributed by atoms with Crippen LogP contribution >= 0.6 is 0 Å². The maximum absolute atomic E-state index is 10.8. The van der Waals surface area contributed by atoms with Crippen LogP contribution < -0.4 is 0 Å². The Morgan fingerprint density at radius 2 is 2.24 bits per heavy atom. The van der Waals surface area contributed by atoms with E-state index in [1.165, 1.54) is 12.5 Å². The van der Waals surface area contributed by atoms with Gasteiger partial charge in [0.2, 0.25) is 0 Å². The number of benzene rings is 1. The van der Waals surface area contributed by atoms with Gasteiger partial charge in [0.05, 0.1) is 10.5 Å². The van der Waals surface area contributed by atoms with Gasteiger partial charge in [0.1, 0.15) is 0 Å². The zero-order valence-corrected chi connectivity index (χ0v) is 12.2. The second-order valence-electron chi connectivity index (χ2n) is 6.46. The number of nitro benzene ring substituents is 1. The fourth-order valence-electron chi connectivity index (χ4n) is 3.81. The Morgan fingerprint density at radius 3 is 3.05 bits per heavy atom. The van der Waals surface area contributed by atoms with E-state index < -0.39 is 5.60 Å². The lowest BCUT2D eigenvalue weighted by atomic mass is 9.71. The number of hydrogen-bond donors (Lipinski definition) is 1. The highest BCUT2D eigenvalue weighted by Gasteiger charge is 2.42. The monoisotopic (exact) mass is 290 g/mol. The SMILES string of the molecule is O=[N+]([O-])c1cccc(CN2CCC3(O)CCCCC3C2)c1. The third-order valence-electron chi connectivity index (χ3n) is 5.04. The number of piperidine rings is 1. The molecule has 1 heterocycles. The van der Waals surface area contributed by atoms with Crippen molar-refractivity contribution in [3.05, 3.63) is 39.9 Å². The summed E-state index contributed by atoms with van der Waals surface area (Å²) in [6.07, 6.45) is 5.20. The van der Waals surface area contributed by atoms with Crippen LogP contribution in [0.2, 0.25) is 0 Å². The van der Waals surface area contributed by atoms with Crippen molar-refractivity contribution in [2.45, 2.75) is 44.2 Å². The number of nitrogens with zero attached hydrogens (tertiary/aromatic N) is 2. The van der Waals surface area contributed by atoms with Gasteiger partial charge in [-0.3, -0.25) is 15.0 Å². The highest BCUT2D eigenvalue weighted by atomic mass is 16.6. The molecule has 1 aliphatic heterocycles. The smallest absolute Gasteiger partial charge is 0.269 e. The van der Waals surface area contributed by atoms with E-state index in [0.717, 1.165) is 50.9 Å². The summed E-state index contributed by atoms with van der Waals surface area (Å²) < 4.78 is 0. The minimum Gasteiger partial charge on any atom is -0.390 e. The molecule has 1 saturated heterocycles. The van der Waals surface area contributed by atoms with Crippen LogP contribution in [0.15, 0.2) is 24.3 Å². The predicted molar refractivity (Wildman–Crippen MR) is 79.9 cm³/mol. The van der Waals surface area contributed by atoms with E-state index in [4.69, 9.17) is 0 Å². The van der Waals surface area contributed by atoms with Gasteiger partial charge in [-0.2, -0.15) is 0 Å². The molecule has 0 amide bonds. The number of nitro groups is 1. The van der Waals surface area contributed by atoms with Gasteiger partial charge < -0.3 is 5.11 Å². The first kappa shape index (κ1) is 14.5. The van der Waals surface area contributed by atoms with Crippen molar-refractivity contribution >= 4 is 5.69 Å². The molecular weight excluding hydrogens is 268 g/mol. The molecule has 0 bridgehead atoms. The van der Waals surface area contributed by atoms with Crippen LogP contribution in [0.3, 0.4) is 0 Å². The Hall–Kier alpha value is -1.46. The number of aliphatic hydroxyl groups is 1. The van der Waals surface area contributed by atoms with Crippen molar-refractivity contribution in [3.63, 3.8) is 0 Å². The summed E-state index contributed by atoms with van der Waals surface area (Å²) in [7, 11) is 0. The lowest BCUT2D eigenvalue weighted by Gasteiger charge is -2.47. The first-order chi connectivity index (χ1) is 10.1. The first-order valence-corrected chi connectivity index (χ1v) is 7.75. The van der Waals surface area contributed by atoms with Gasteiger partial charge in [-0.1, -0.05) is 25.0 Å². The molecule has 2 aliphatic rings. The molecule has 114 valence electrons. The molecule has 1 aromatic rings. The maximum Gasteiger partial charge on any atom is 0.269 e. The molecular formula is C16H22N2O3. The number of hydrogen-bond acceptors (Lipinski definition) is 4. The summed E-state index contributed by atoms with van der Waals surface area (Å²) in [5, 5.41) is 21.5. The molecule has 1 aromatic carbocycles. The summed E-state index contributed by atoms with van der Waals surface area (Å²) in [5.74, 6) is 0.360. The third-order valence-corrected chi connectivity index (χ3v) is 5.04. The fraction of sp³-hybridized carbons (Fsp3) is 0.625. The minimum absolute atomic E-state index is 0.152. The van der Waals surface area contributed by atoms with Gasteiger partial charge in [0.25, 0.3) is 5.69 Å². The van der Waals surface area contributed by atoms with Crippen LogP contribution in [0.1, 0.15) is 37.7 Å². The van der Waals surface area contributed by atoms with Crippen molar-refractivity contribution in [1.82, 2.24) is 4.90 Å². The quantitative estimate of drug-likeness (QED) is 0.686. The molecule has 0 spiro atoms. The molecule has 1 N–H and O–H groups in total. The number of likely N-dealkylation sites (tertiary alicyclic amines) is 1.